The molecular formula is C20H17F3N4O2. The van der Waals surface area contributed by atoms with Crippen molar-refractivity contribution in [1.82, 2.24) is 15.3 Å². The molecule has 0 bridgehead atoms. The minimum atomic E-state index is -4.51. The van der Waals surface area contributed by atoms with Crippen LogP contribution in [0.25, 0.3) is 10.9 Å². The summed E-state index contributed by atoms with van der Waals surface area (Å²) in [4.78, 5) is 31.4. The maximum atomic E-state index is 13.0. The van der Waals surface area contributed by atoms with Crippen LogP contribution >= 0.6 is 0 Å². The number of anilines is 1. The molecule has 0 saturated heterocycles. The number of benzene rings is 1. The Morgan fingerprint density at radius 3 is 2.66 bits per heavy atom. The highest BCUT2D eigenvalue weighted by Gasteiger charge is 2.64. The van der Waals surface area contributed by atoms with Gasteiger partial charge in [-0.3, -0.25) is 14.6 Å². The number of nitrogens with one attached hydrogen (secondary N) is 3. The molecule has 9 heteroatoms. The van der Waals surface area contributed by atoms with Crippen LogP contribution in [0.1, 0.15) is 28.9 Å². The van der Waals surface area contributed by atoms with Crippen LogP contribution in [0.2, 0.25) is 0 Å². The Kier molecular flexibility index (Phi) is 4.52. The summed E-state index contributed by atoms with van der Waals surface area (Å²) in [6, 6.07) is 10.3. The van der Waals surface area contributed by atoms with Crippen molar-refractivity contribution >= 4 is 28.4 Å². The molecule has 1 aromatic carbocycles. The Balaban J connectivity index is 1.41. The second kappa shape index (κ2) is 6.91. The van der Waals surface area contributed by atoms with Crippen LogP contribution < -0.4 is 10.6 Å². The van der Waals surface area contributed by atoms with E-state index in [9.17, 15) is 22.8 Å². The van der Waals surface area contributed by atoms with Crippen molar-refractivity contribution in [3.05, 3.63) is 60.0 Å². The van der Waals surface area contributed by atoms with Crippen molar-refractivity contribution in [3.63, 3.8) is 0 Å². The number of H-pyrrole nitrogens is 1. The van der Waals surface area contributed by atoms with Gasteiger partial charge in [-0.15, -0.1) is 0 Å². The number of nitrogens with zero attached hydrogens (tertiary/aromatic N) is 1. The van der Waals surface area contributed by atoms with Crippen molar-refractivity contribution in [2.75, 3.05) is 5.32 Å². The first-order chi connectivity index (χ1) is 13.8. The fraction of sp³-hybridized carbons (Fsp3) is 0.250. The minimum Gasteiger partial charge on any atom is -0.361 e. The molecule has 2 amide bonds. The molecular weight excluding hydrogens is 385 g/mol. The molecule has 0 radical (unpaired) electrons. The summed E-state index contributed by atoms with van der Waals surface area (Å²) < 4.78 is 39.0. The van der Waals surface area contributed by atoms with Gasteiger partial charge in [0.25, 0.3) is 5.91 Å². The fourth-order valence-electron chi connectivity index (χ4n) is 3.11. The predicted octanol–water partition coefficient (Wildman–Crippen LogP) is 3.57. The van der Waals surface area contributed by atoms with Crippen molar-refractivity contribution < 1.29 is 22.8 Å². The molecule has 0 spiro atoms. The number of hydrogen-bond acceptors (Lipinski definition) is 3. The van der Waals surface area contributed by atoms with Gasteiger partial charge < -0.3 is 15.6 Å². The zero-order valence-corrected chi connectivity index (χ0v) is 15.1. The fourth-order valence-corrected chi connectivity index (χ4v) is 3.11. The number of rotatable bonds is 5. The van der Waals surface area contributed by atoms with Gasteiger partial charge in [-0.25, -0.2) is 0 Å². The van der Waals surface area contributed by atoms with Gasteiger partial charge in [0.15, 0.2) is 0 Å². The van der Waals surface area contributed by atoms with Gasteiger partial charge in [-0.2, -0.15) is 13.2 Å². The van der Waals surface area contributed by atoms with Crippen LogP contribution in [0, 0.1) is 0 Å². The lowest BCUT2D eigenvalue weighted by molar-refractivity contribution is -0.163. The summed E-state index contributed by atoms with van der Waals surface area (Å²) in [6.07, 6.45) is -1.62. The van der Waals surface area contributed by atoms with E-state index >= 15 is 0 Å². The lowest BCUT2D eigenvalue weighted by atomic mass is 10.1. The van der Waals surface area contributed by atoms with Gasteiger partial charge in [-0.1, -0.05) is 12.1 Å². The number of halogens is 3. The molecule has 3 aromatic rings. The summed E-state index contributed by atoms with van der Waals surface area (Å²) >= 11 is 0. The van der Waals surface area contributed by atoms with E-state index in [2.05, 4.69) is 15.3 Å². The van der Waals surface area contributed by atoms with Crippen molar-refractivity contribution in [2.24, 2.45) is 0 Å². The zero-order chi connectivity index (χ0) is 20.6. The van der Waals surface area contributed by atoms with Crippen LogP contribution in [-0.4, -0.2) is 33.5 Å². The molecule has 2 heterocycles. The number of fused-ring (bicyclic) bond motifs is 1. The number of hydrogen-bond donors (Lipinski definition) is 3. The highest BCUT2D eigenvalue weighted by atomic mass is 19.4. The Morgan fingerprint density at radius 1 is 1.14 bits per heavy atom. The Morgan fingerprint density at radius 2 is 1.93 bits per heavy atom. The quantitative estimate of drug-likeness (QED) is 0.610. The predicted molar refractivity (Wildman–Crippen MR) is 100 cm³/mol. The molecule has 1 saturated carbocycles. The molecule has 150 valence electrons. The highest BCUT2D eigenvalue weighted by Crippen LogP contribution is 2.49. The van der Waals surface area contributed by atoms with Gasteiger partial charge in [-0.05, 0) is 48.1 Å². The first kappa shape index (κ1) is 19.0. The number of pyridine rings is 1. The minimum absolute atomic E-state index is 0.107. The van der Waals surface area contributed by atoms with E-state index in [1.54, 1.807) is 0 Å². The molecule has 4 rings (SSSR count). The molecule has 1 fully saturated rings. The number of carbonyl (C=O) groups excluding carboxylic acids is 2. The van der Waals surface area contributed by atoms with Crippen LogP contribution in [0.15, 0.2) is 48.8 Å². The van der Waals surface area contributed by atoms with E-state index in [0.717, 1.165) is 16.5 Å². The number of amides is 2. The summed E-state index contributed by atoms with van der Waals surface area (Å²) in [5.41, 5.74) is -0.358. The molecule has 0 unspecified atom stereocenters. The smallest absolute Gasteiger partial charge is 0.361 e. The molecule has 0 aliphatic heterocycles. The SMILES string of the molecule is O=C(Cc1ccc2cc[nH]c2c1)Nc1ccnc(C(=O)NC2(C(F)(F)F)CC2)c1. The van der Waals surface area contributed by atoms with E-state index in [1.165, 1.54) is 18.3 Å². The maximum absolute atomic E-state index is 13.0. The van der Waals surface area contributed by atoms with Crippen LogP contribution in [0.4, 0.5) is 18.9 Å². The Labute approximate surface area is 163 Å². The topological polar surface area (TPSA) is 86.9 Å². The van der Waals surface area contributed by atoms with E-state index in [4.69, 9.17) is 0 Å². The largest absolute Gasteiger partial charge is 0.411 e. The number of alkyl halides is 3. The summed E-state index contributed by atoms with van der Waals surface area (Å²) in [7, 11) is 0. The Bertz CT molecular complexity index is 1090. The Hall–Kier alpha value is -3.36. The van der Waals surface area contributed by atoms with Crippen LogP contribution in [0.5, 0.6) is 0 Å². The van der Waals surface area contributed by atoms with Crippen molar-refractivity contribution in [1.29, 1.82) is 0 Å². The van der Waals surface area contributed by atoms with E-state index in [1.807, 2.05) is 35.8 Å². The summed E-state index contributed by atoms with van der Waals surface area (Å²) in [5, 5.41) is 5.69. The number of aromatic nitrogens is 2. The van der Waals surface area contributed by atoms with Gasteiger partial charge >= 0.3 is 6.18 Å². The van der Waals surface area contributed by atoms with Crippen molar-refractivity contribution in [3.8, 4) is 0 Å². The number of carbonyl (C=O) groups is 2. The molecule has 6 nitrogen and oxygen atoms in total. The normalized spacial score (nSPS) is 15.1. The molecule has 29 heavy (non-hydrogen) atoms. The first-order valence-corrected chi connectivity index (χ1v) is 8.97. The van der Waals surface area contributed by atoms with Crippen molar-refractivity contribution in [2.45, 2.75) is 31.0 Å². The molecule has 1 aliphatic rings. The van der Waals surface area contributed by atoms with Crippen LogP contribution in [0.3, 0.4) is 0 Å². The van der Waals surface area contributed by atoms with Gasteiger partial charge in [0.2, 0.25) is 5.91 Å². The third-order valence-electron chi connectivity index (χ3n) is 4.91. The maximum Gasteiger partial charge on any atom is 0.411 e. The van der Waals surface area contributed by atoms with Crippen LogP contribution in [-0.2, 0) is 11.2 Å². The second-order valence-corrected chi connectivity index (χ2v) is 7.09. The standard InChI is InChI=1S/C20H17F3N4O2/c21-20(22,23)19(5-6-19)27-18(29)16-11-14(4-8-25-16)26-17(28)10-12-1-2-13-3-7-24-15(13)9-12/h1-4,7-9,11,24H,5-6,10H2,(H,27,29)(H,25,26,28). The molecule has 1 aliphatic carbocycles. The molecule has 0 atom stereocenters. The van der Waals surface area contributed by atoms with E-state index < -0.39 is 17.6 Å². The highest BCUT2D eigenvalue weighted by molar-refractivity contribution is 5.97. The number of aromatic amines is 1. The van der Waals surface area contributed by atoms with E-state index in [-0.39, 0.29) is 36.6 Å². The lowest BCUT2D eigenvalue weighted by Gasteiger charge is -2.20. The third-order valence-corrected chi connectivity index (χ3v) is 4.91. The molecule has 3 N–H and O–H groups in total. The average molecular weight is 402 g/mol. The monoisotopic (exact) mass is 402 g/mol. The average Bonchev–Trinajstić information content (AvgIpc) is 3.31. The van der Waals surface area contributed by atoms with Gasteiger partial charge in [0, 0.05) is 23.6 Å². The summed E-state index contributed by atoms with van der Waals surface area (Å²) in [5.74, 6) is -1.24. The lowest BCUT2D eigenvalue weighted by Crippen LogP contribution is -2.48. The van der Waals surface area contributed by atoms with Gasteiger partial charge in [0.1, 0.15) is 11.2 Å². The third kappa shape index (κ3) is 3.94. The first-order valence-electron chi connectivity index (χ1n) is 8.97. The summed E-state index contributed by atoms with van der Waals surface area (Å²) in [6.45, 7) is 0. The second-order valence-electron chi connectivity index (χ2n) is 7.09. The zero-order valence-electron chi connectivity index (χ0n) is 15.1. The molecule has 2 aromatic heterocycles. The van der Waals surface area contributed by atoms with Gasteiger partial charge in [0.05, 0.1) is 6.42 Å². The van der Waals surface area contributed by atoms with E-state index in [0.29, 0.717) is 0 Å².